The summed E-state index contributed by atoms with van der Waals surface area (Å²) in [5.74, 6) is 6.20. The van der Waals surface area contributed by atoms with Gasteiger partial charge in [0.1, 0.15) is 11.5 Å². The van der Waals surface area contributed by atoms with Crippen LogP contribution in [0.5, 0.6) is 11.5 Å². The van der Waals surface area contributed by atoms with Crippen molar-refractivity contribution in [1.29, 1.82) is 0 Å². The Morgan fingerprint density at radius 3 is 1.07 bits per heavy atom. The van der Waals surface area contributed by atoms with Gasteiger partial charge in [0.2, 0.25) is 0 Å². The minimum absolute atomic E-state index is 0.124. The van der Waals surface area contributed by atoms with Crippen molar-refractivity contribution in [3.05, 3.63) is 59.7 Å². The first-order valence-electron chi connectivity index (χ1n) is 21.6. The van der Waals surface area contributed by atoms with Crippen molar-refractivity contribution in [2.24, 2.45) is 35.5 Å². The highest BCUT2D eigenvalue weighted by Gasteiger charge is 2.34. The third-order valence-corrected chi connectivity index (χ3v) is 13.7. The van der Waals surface area contributed by atoms with Crippen LogP contribution in [-0.2, 0) is 0 Å². The Hall–Kier alpha value is -2.38. The van der Waals surface area contributed by atoms with Crippen LogP contribution in [0.4, 0.5) is 26.3 Å². The number of alkyl halides is 6. The number of unbranched alkanes of at least 4 members (excludes halogenated alkanes) is 2. The average Bonchev–Trinajstić information content (AvgIpc) is 3.16. The maximum atomic E-state index is 12.3. The fourth-order valence-electron chi connectivity index (χ4n) is 10.7. The monoisotopic (exact) mass is 764 g/mol. The van der Waals surface area contributed by atoms with Crippen molar-refractivity contribution in [2.45, 2.75) is 180 Å². The first kappa shape index (κ1) is 42.8. The van der Waals surface area contributed by atoms with Crippen molar-refractivity contribution in [3.8, 4) is 11.5 Å². The number of hydrogen-bond acceptors (Lipinski definition) is 2. The highest BCUT2D eigenvalue weighted by Crippen LogP contribution is 2.46. The molecule has 0 aliphatic heterocycles. The quantitative estimate of drug-likeness (QED) is 0.158. The lowest BCUT2D eigenvalue weighted by molar-refractivity contribution is -0.275. The van der Waals surface area contributed by atoms with Gasteiger partial charge in [-0.05, 0) is 160 Å². The molecule has 8 heteroatoms. The molecule has 4 aliphatic carbocycles. The summed E-state index contributed by atoms with van der Waals surface area (Å²) in [5, 5.41) is 0. The molecule has 6 rings (SSSR count). The molecule has 0 unspecified atom stereocenters. The molecule has 0 N–H and O–H groups in total. The van der Waals surface area contributed by atoms with Crippen LogP contribution in [0.15, 0.2) is 48.5 Å². The topological polar surface area (TPSA) is 18.5 Å². The van der Waals surface area contributed by atoms with E-state index in [2.05, 4.69) is 23.3 Å². The Morgan fingerprint density at radius 1 is 0.426 bits per heavy atom. The van der Waals surface area contributed by atoms with E-state index in [1.807, 2.05) is 24.3 Å². The van der Waals surface area contributed by atoms with E-state index < -0.39 is 12.7 Å². The summed E-state index contributed by atoms with van der Waals surface area (Å²) < 4.78 is 81.6. The van der Waals surface area contributed by atoms with E-state index in [9.17, 15) is 26.3 Å². The van der Waals surface area contributed by atoms with Gasteiger partial charge in [0, 0.05) is 0 Å². The Morgan fingerprint density at radius 2 is 0.759 bits per heavy atom. The van der Waals surface area contributed by atoms with E-state index in [0.717, 1.165) is 46.6 Å². The molecule has 54 heavy (non-hydrogen) atoms. The molecular weight excluding hydrogens is 698 g/mol. The van der Waals surface area contributed by atoms with Crippen LogP contribution in [0, 0.1) is 35.5 Å². The van der Waals surface area contributed by atoms with E-state index >= 15 is 0 Å². The summed E-state index contributed by atoms with van der Waals surface area (Å²) >= 11 is 0. The molecule has 0 amide bonds. The summed E-state index contributed by atoms with van der Waals surface area (Å²) in [6, 6.07) is 13.0. The third kappa shape index (κ3) is 14.0. The van der Waals surface area contributed by atoms with E-state index in [0.29, 0.717) is 11.8 Å². The molecule has 2 aromatic carbocycles. The SMILES string of the molecule is CCCC1CCC(C2CCC(c3ccc(OC(F)(F)F)cc3)CC2)CC1.CCCCCC1CCC(C2CCC(c3ccc(OC(F)(F)F)cc3)CC2)CC1. The lowest BCUT2D eigenvalue weighted by Crippen LogP contribution is -2.25. The molecule has 2 nitrogen and oxygen atoms in total. The molecule has 304 valence electrons. The van der Waals surface area contributed by atoms with Gasteiger partial charge in [-0.3, -0.25) is 0 Å². The van der Waals surface area contributed by atoms with Crippen molar-refractivity contribution < 1.29 is 35.8 Å². The largest absolute Gasteiger partial charge is 0.573 e. The number of hydrogen-bond donors (Lipinski definition) is 0. The van der Waals surface area contributed by atoms with Crippen molar-refractivity contribution >= 4 is 0 Å². The van der Waals surface area contributed by atoms with Gasteiger partial charge in [-0.2, -0.15) is 0 Å². The van der Waals surface area contributed by atoms with E-state index in [1.54, 1.807) is 0 Å². The molecule has 0 radical (unpaired) electrons. The molecule has 4 aliphatic rings. The molecule has 0 aromatic heterocycles. The van der Waals surface area contributed by atoms with E-state index in [1.165, 1.54) is 166 Å². The van der Waals surface area contributed by atoms with Crippen molar-refractivity contribution in [2.75, 3.05) is 0 Å². The molecule has 0 saturated heterocycles. The standard InChI is InChI=1S/C24H35F3O.C22H31F3O/c1-2-3-4-5-18-6-8-19(9-7-18)20-10-12-21(13-11-20)22-14-16-23(17-15-22)28-24(25,26)27;1-2-3-16-4-6-17(7-5-16)18-8-10-19(11-9-18)20-12-14-21(15-13-20)26-22(23,24)25/h14-21H,2-13H2,1H3;12-19H,2-11H2,1H3. The molecule has 0 atom stereocenters. The van der Waals surface area contributed by atoms with Gasteiger partial charge in [-0.25, -0.2) is 0 Å². The maximum absolute atomic E-state index is 12.3. The third-order valence-electron chi connectivity index (χ3n) is 13.7. The van der Waals surface area contributed by atoms with Crippen LogP contribution in [0.25, 0.3) is 0 Å². The highest BCUT2D eigenvalue weighted by molar-refractivity contribution is 5.31. The number of benzene rings is 2. The maximum Gasteiger partial charge on any atom is 0.573 e. The molecule has 2 aromatic rings. The fraction of sp³-hybridized carbons (Fsp3) is 0.739. The lowest BCUT2D eigenvalue weighted by Gasteiger charge is -2.38. The van der Waals surface area contributed by atoms with Gasteiger partial charge in [0.15, 0.2) is 0 Å². The van der Waals surface area contributed by atoms with Crippen LogP contribution in [0.1, 0.15) is 178 Å². The zero-order valence-corrected chi connectivity index (χ0v) is 32.9. The summed E-state index contributed by atoms with van der Waals surface area (Å²) in [6.07, 6.45) is 20.1. The second-order valence-electron chi connectivity index (χ2n) is 17.3. The molecule has 0 spiro atoms. The van der Waals surface area contributed by atoms with Gasteiger partial charge in [0.05, 0.1) is 0 Å². The van der Waals surface area contributed by atoms with Gasteiger partial charge in [0.25, 0.3) is 0 Å². The zero-order chi connectivity index (χ0) is 38.6. The van der Waals surface area contributed by atoms with Crippen LogP contribution in [0.3, 0.4) is 0 Å². The lowest BCUT2D eigenvalue weighted by atomic mass is 9.68. The molecule has 0 heterocycles. The molecule has 0 bridgehead atoms. The summed E-state index contributed by atoms with van der Waals surface area (Å²) in [7, 11) is 0. The fourth-order valence-corrected chi connectivity index (χ4v) is 10.7. The average molecular weight is 765 g/mol. The molecular formula is C46H66F6O2. The number of halogens is 6. The van der Waals surface area contributed by atoms with Gasteiger partial charge in [-0.1, -0.05) is 102 Å². The Labute approximate surface area is 321 Å². The summed E-state index contributed by atoms with van der Waals surface area (Å²) in [6.45, 7) is 4.56. The van der Waals surface area contributed by atoms with Crippen LogP contribution >= 0.6 is 0 Å². The molecule has 4 fully saturated rings. The summed E-state index contributed by atoms with van der Waals surface area (Å²) in [5.41, 5.74) is 2.32. The van der Waals surface area contributed by atoms with Gasteiger partial charge < -0.3 is 9.47 Å². The smallest absolute Gasteiger partial charge is 0.406 e. The van der Waals surface area contributed by atoms with Crippen molar-refractivity contribution in [1.82, 2.24) is 0 Å². The minimum atomic E-state index is -4.62. The van der Waals surface area contributed by atoms with Gasteiger partial charge >= 0.3 is 12.7 Å². The summed E-state index contributed by atoms with van der Waals surface area (Å²) in [4.78, 5) is 0. The Balaban J connectivity index is 0.000000208. The Bertz CT molecular complexity index is 1310. The second kappa shape index (κ2) is 20.7. The first-order chi connectivity index (χ1) is 25.9. The van der Waals surface area contributed by atoms with E-state index in [-0.39, 0.29) is 11.5 Å². The first-order valence-corrected chi connectivity index (χ1v) is 21.6. The van der Waals surface area contributed by atoms with Crippen molar-refractivity contribution in [3.63, 3.8) is 0 Å². The zero-order valence-electron chi connectivity index (χ0n) is 32.9. The minimum Gasteiger partial charge on any atom is -0.406 e. The van der Waals surface area contributed by atoms with Crippen LogP contribution in [-0.4, -0.2) is 12.7 Å². The predicted molar refractivity (Wildman–Crippen MR) is 206 cm³/mol. The molecule has 4 saturated carbocycles. The van der Waals surface area contributed by atoms with Crippen LogP contribution in [0.2, 0.25) is 0 Å². The number of rotatable bonds is 12. The second-order valence-corrected chi connectivity index (χ2v) is 17.3. The number of ether oxygens (including phenoxy) is 2. The van der Waals surface area contributed by atoms with E-state index in [4.69, 9.17) is 0 Å². The Kier molecular flexibility index (Phi) is 16.4. The van der Waals surface area contributed by atoms with Crippen LogP contribution < -0.4 is 9.47 Å². The normalized spacial score (nSPS) is 29.5. The predicted octanol–water partition coefficient (Wildman–Crippen LogP) is 15.7. The van der Waals surface area contributed by atoms with Gasteiger partial charge in [-0.15, -0.1) is 26.3 Å². The highest BCUT2D eigenvalue weighted by atomic mass is 19.4.